The second-order valence-corrected chi connectivity index (χ2v) is 5.42. The Hall–Kier alpha value is -1.18. The number of nitrogens with one attached hydrogen (secondary N) is 1. The molecule has 98 valence electrons. The third-order valence-corrected chi connectivity index (χ3v) is 2.45. The van der Waals surface area contributed by atoms with Crippen LogP contribution in [0.4, 0.5) is 0 Å². The largest absolute Gasteiger partial charge is 0.372 e. The molecule has 17 heavy (non-hydrogen) atoms. The molecule has 0 radical (unpaired) electrons. The monoisotopic (exact) mass is 236 g/mol. The van der Waals surface area contributed by atoms with Gasteiger partial charge in [-0.25, -0.2) is 0 Å². The van der Waals surface area contributed by atoms with Crippen molar-refractivity contribution >= 4 is 0 Å². The quantitative estimate of drug-likeness (QED) is 0.533. The molecule has 0 bridgehead atoms. The van der Waals surface area contributed by atoms with Crippen LogP contribution < -0.4 is 5.32 Å². The zero-order chi connectivity index (χ0) is 13.5. The van der Waals surface area contributed by atoms with Gasteiger partial charge in [-0.3, -0.25) is 0 Å². The van der Waals surface area contributed by atoms with Crippen LogP contribution in [-0.2, 0) is 0 Å². The van der Waals surface area contributed by atoms with E-state index in [1.165, 1.54) is 5.70 Å². The van der Waals surface area contributed by atoms with E-state index in [1.54, 1.807) is 0 Å². The van der Waals surface area contributed by atoms with Crippen molar-refractivity contribution in [2.75, 3.05) is 13.2 Å². The van der Waals surface area contributed by atoms with Gasteiger partial charge in [0.2, 0.25) is 0 Å². The molecule has 0 aromatic carbocycles. The van der Waals surface area contributed by atoms with Crippen molar-refractivity contribution in [1.29, 1.82) is 0 Å². The fourth-order valence-corrected chi connectivity index (χ4v) is 1.73. The summed E-state index contributed by atoms with van der Waals surface area (Å²) in [5.74, 6) is 0. The van der Waals surface area contributed by atoms with Crippen molar-refractivity contribution in [1.82, 2.24) is 10.2 Å². The molecule has 1 N–H and O–H groups in total. The molecule has 0 fully saturated rings. The second-order valence-electron chi connectivity index (χ2n) is 5.42. The predicted octanol–water partition coefficient (Wildman–Crippen LogP) is 3.90. The Morgan fingerprint density at radius 2 is 1.94 bits per heavy atom. The molecule has 0 rings (SSSR count). The molecule has 0 aliphatic heterocycles. The highest BCUT2D eigenvalue weighted by molar-refractivity contribution is 5.16. The molecule has 0 unspecified atom stereocenters. The van der Waals surface area contributed by atoms with Crippen molar-refractivity contribution in [2.45, 2.75) is 41.0 Å². The van der Waals surface area contributed by atoms with Gasteiger partial charge in [-0.15, -0.1) is 0 Å². The van der Waals surface area contributed by atoms with Crippen molar-refractivity contribution in [2.24, 2.45) is 5.41 Å². The zero-order valence-corrected chi connectivity index (χ0v) is 12.1. The molecular formula is C15H28N2. The first-order valence-electron chi connectivity index (χ1n) is 6.30. The van der Waals surface area contributed by atoms with E-state index in [0.29, 0.717) is 0 Å². The summed E-state index contributed by atoms with van der Waals surface area (Å²) in [4.78, 5) is 2.36. The third kappa shape index (κ3) is 6.20. The molecule has 0 amide bonds. The lowest BCUT2D eigenvalue weighted by Crippen LogP contribution is -2.37. The topological polar surface area (TPSA) is 15.3 Å². The van der Waals surface area contributed by atoms with E-state index < -0.39 is 0 Å². The van der Waals surface area contributed by atoms with Gasteiger partial charge in [0.05, 0.1) is 6.67 Å². The van der Waals surface area contributed by atoms with Crippen LogP contribution in [0, 0.1) is 5.41 Å². The van der Waals surface area contributed by atoms with Gasteiger partial charge < -0.3 is 10.2 Å². The first kappa shape index (κ1) is 15.8. The number of hydrogen-bond acceptors (Lipinski definition) is 2. The molecular weight excluding hydrogens is 208 g/mol. The average Bonchev–Trinajstić information content (AvgIpc) is 2.19. The van der Waals surface area contributed by atoms with Gasteiger partial charge in [-0.2, -0.15) is 0 Å². The molecule has 0 atom stereocenters. The lowest BCUT2D eigenvalue weighted by atomic mass is 9.90. The van der Waals surface area contributed by atoms with Crippen LogP contribution >= 0.6 is 0 Å². The number of rotatable bonds is 7. The first-order valence-corrected chi connectivity index (χ1v) is 6.30. The van der Waals surface area contributed by atoms with Gasteiger partial charge in [0.15, 0.2) is 0 Å². The van der Waals surface area contributed by atoms with Gasteiger partial charge in [-0.1, -0.05) is 46.9 Å². The summed E-state index contributed by atoms with van der Waals surface area (Å²) in [7, 11) is 0. The Balaban J connectivity index is 4.90. The standard InChI is InChI=1S/C15H28N2/c1-8-10-14(15(5,6)7)17(11-9-2)12-16-13(3)4/h8,10,16H,1,3,9,11-12H2,2,4-7H3/b14-10+. The lowest BCUT2D eigenvalue weighted by molar-refractivity contribution is 0.257. The number of hydrogen-bond donors (Lipinski definition) is 1. The van der Waals surface area contributed by atoms with Crippen LogP contribution in [0.15, 0.2) is 36.7 Å². The van der Waals surface area contributed by atoms with Crippen LogP contribution in [0.3, 0.4) is 0 Å². The molecule has 2 heteroatoms. The normalized spacial score (nSPS) is 12.2. The van der Waals surface area contributed by atoms with Gasteiger partial charge >= 0.3 is 0 Å². The predicted molar refractivity (Wildman–Crippen MR) is 77.5 cm³/mol. The third-order valence-electron chi connectivity index (χ3n) is 2.45. The van der Waals surface area contributed by atoms with Crippen molar-refractivity contribution in [3.63, 3.8) is 0 Å². The summed E-state index contributed by atoms with van der Waals surface area (Å²) in [6.07, 6.45) is 5.10. The van der Waals surface area contributed by atoms with E-state index in [2.05, 4.69) is 57.1 Å². The summed E-state index contributed by atoms with van der Waals surface area (Å²) in [6, 6.07) is 0. The minimum Gasteiger partial charge on any atom is -0.372 e. The van der Waals surface area contributed by atoms with Gasteiger partial charge in [0.25, 0.3) is 0 Å². The highest BCUT2D eigenvalue weighted by Gasteiger charge is 2.21. The Labute approximate surface area is 107 Å². The molecule has 0 heterocycles. The molecule has 0 saturated heterocycles. The van der Waals surface area contributed by atoms with Crippen LogP contribution in [0.25, 0.3) is 0 Å². The summed E-state index contributed by atoms with van der Waals surface area (Å²) >= 11 is 0. The molecule has 0 spiro atoms. The van der Waals surface area contributed by atoms with E-state index in [9.17, 15) is 0 Å². The van der Waals surface area contributed by atoms with Crippen LogP contribution in [0.2, 0.25) is 0 Å². The van der Waals surface area contributed by atoms with E-state index in [0.717, 1.165) is 25.3 Å². The maximum Gasteiger partial charge on any atom is 0.0870 e. The summed E-state index contributed by atoms with van der Waals surface area (Å²) in [5.41, 5.74) is 2.43. The minimum atomic E-state index is 0.125. The summed E-state index contributed by atoms with van der Waals surface area (Å²) < 4.78 is 0. The van der Waals surface area contributed by atoms with Crippen LogP contribution in [0.5, 0.6) is 0 Å². The highest BCUT2D eigenvalue weighted by atomic mass is 15.2. The summed E-state index contributed by atoms with van der Waals surface area (Å²) in [5, 5.41) is 3.30. The minimum absolute atomic E-state index is 0.125. The highest BCUT2D eigenvalue weighted by Crippen LogP contribution is 2.28. The lowest BCUT2D eigenvalue weighted by Gasteiger charge is -2.35. The molecule has 2 nitrogen and oxygen atoms in total. The Morgan fingerprint density at radius 3 is 2.29 bits per heavy atom. The van der Waals surface area contributed by atoms with Crippen LogP contribution in [-0.4, -0.2) is 18.1 Å². The van der Waals surface area contributed by atoms with E-state index in [1.807, 2.05) is 13.0 Å². The first-order chi connectivity index (χ1) is 7.82. The van der Waals surface area contributed by atoms with E-state index in [4.69, 9.17) is 0 Å². The van der Waals surface area contributed by atoms with Crippen LogP contribution in [0.1, 0.15) is 41.0 Å². The fraction of sp³-hybridized carbons (Fsp3) is 0.600. The maximum atomic E-state index is 3.88. The molecule has 0 saturated carbocycles. The Kier molecular flexibility index (Phi) is 6.71. The molecule has 0 aliphatic rings. The van der Waals surface area contributed by atoms with Crippen molar-refractivity contribution in [3.05, 3.63) is 36.7 Å². The van der Waals surface area contributed by atoms with Gasteiger partial charge in [0.1, 0.15) is 0 Å². The van der Waals surface area contributed by atoms with E-state index >= 15 is 0 Å². The Morgan fingerprint density at radius 1 is 1.35 bits per heavy atom. The second kappa shape index (κ2) is 7.21. The summed E-state index contributed by atoms with van der Waals surface area (Å²) in [6.45, 7) is 20.4. The Bertz CT molecular complexity index is 282. The van der Waals surface area contributed by atoms with Gasteiger partial charge in [-0.05, 0) is 19.4 Å². The molecule has 0 aliphatic carbocycles. The molecule has 0 aromatic heterocycles. The van der Waals surface area contributed by atoms with Crippen molar-refractivity contribution < 1.29 is 0 Å². The smallest absolute Gasteiger partial charge is 0.0870 e. The van der Waals surface area contributed by atoms with Crippen molar-refractivity contribution in [3.8, 4) is 0 Å². The molecule has 0 aromatic rings. The van der Waals surface area contributed by atoms with E-state index in [-0.39, 0.29) is 5.41 Å². The zero-order valence-electron chi connectivity index (χ0n) is 12.1. The maximum absolute atomic E-state index is 3.88. The SMILES string of the molecule is C=C/C=C(/N(CCC)CNC(=C)C)C(C)(C)C. The number of nitrogens with zero attached hydrogens (tertiary/aromatic N) is 1. The van der Waals surface area contributed by atoms with Gasteiger partial charge in [0, 0.05) is 23.4 Å². The number of allylic oxidation sites excluding steroid dienone is 4. The average molecular weight is 236 g/mol. The fourth-order valence-electron chi connectivity index (χ4n) is 1.73.